The lowest BCUT2D eigenvalue weighted by molar-refractivity contribution is -0.152. The Morgan fingerprint density at radius 3 is 1.83 bits per heavy atom. The van der Waals surface area contributed by atoms with Crippen molar-refractivity contribution >= 4 is 17.8 Å². The Bertz CT molecular complexity index is 359. The smallest absolute Gasteiger partial charge is 0.326 e. The molecule has 0 rings (SSSR count). The van der Waals surface area contributed by atoms with Crippen molar-refractivity contribution in [3.05, 3.63) is 0 Å². The molecule has 1 atom stereocenters. The molecular weight excluding hydrogens is 238 g/mol. The normalized spacial score (nSPS) is 13.8. The van der Waals surface area contributed by atoms with Crippen molar-refractivity contribution in [3.8, 4) is 0 Å². The molecule has 0 aliphatic carbocycles. The zero-order valence-corrected chi connectivity index (χ0v) is 11.4. The Kier molecular flexibility index (Phi) is 4.90. The molecule has 0 bridgehead atoms. The molecule has 0 aliphatic rings. The molecule has 3 N–H and O–H groups in total. The number of carboxylic acid groups (broad SMARTS) is 2. The van der Waals surface area contributed by atoms with Gasteiger partial charge < -0.3 is 15.5 Å². The third-order valence-electron chi connectivity index (χ3n) is 2.85. The quantitative estimate of drug-likeness (QED) is 0.662. The summed E-state index contributed by atoms with van der Waals surface area (Å²) in [5.74, 6) is -2.62. The lowest BCUT2D eigenvalue weighted by atomic mass is 9.71. The predicted molar refractivity (Wildman–Crippen MR) is 65.1 cm³/mol. The van der Waals surface area contributed by atoms with Crippen molar-refractivity contribution < 1.29 is 24.6 Å². The number of hydrogen-bond donors (Lipinski definition) is 3. The summed E-state index contributed by atoms with van der Waals surface area (Å²) in [6.07, 6.45) is 0.132. The van der Waals surface area contributed by atoms with Crippen LogP contribution in [0, 0.1) is 10.8 Å². The topological polar surface area (TPSA) is 104 Å². The van der Waals surface area contributed by atoms with Gasteiger partial charge in [-0.3, -0.25) is 9.59 Å². The number of carbonyl (C=O) groups excluding carboxylic acids is 1. The van der Waals surface area contributed by atoms with Gasteiger partial charge in [-0.05, 0) is 25.7 Å². The molecule has 0 radical (unpaired) electrons. The molecule has 0 fully saturated rings. The van der Waals surface area contributed by atoms with Crippen molar-refractivity contribution in [2.24, 2.45) is 10.8 Å². The lowest BCUT2D eigenvalue weighted by Crippen LogP contribution is -2.51. The fourth-order valence-electron chi connectivity index (χ4n) is 2.11. The maximum Gasteiger partial charge on any atom is 0.326 e. The summed E-state index contributed by atoms with van der Waals surface area (Å²) in [5, 5.41) is 20.6. The van der Waals surface area contributed by atoms with Gasteiger partial charge >= 0.3 is 11.9 Å². The summed E-state index contributed by atoms with van der Waals surface area (Å²) in [5.41, 5.74) is -1.94. The Morgan fingerprint density at radius 2 is 1.56 bits per heavy atom. The first-order valence-corrected chi connectivity index (χ1v) is 5.63. The summed E-state index contributed by atoms with van der Waals surface area (Å²) in [6, 6.07) is -1.12. The number of hydrogen-bond acceptors (Lipinski definition) is 3. The van der Waals surface area contributed by atoms with Gasteiger partial charge in [0.2, 0.25) is 5.91 Å². The van der Waals surface area contributed by atoms with Crippen LogP contribution in [0.4, 0.5) is 0 Å². The standard InChI is InChI=1S/C12H21NO5/c1-7(14)13-8(9(15)16)11(2,3)6-12(4,5)10(17)18/h8H,6H2,1-5H3,(H,13,14)(H,15,16)(H,17,18). The van der Waals surface area contributed by atoms with E-state index in [0.29, 0.717) is 0 Å². The number of rotatable bonds is 6. The number of carboxylic acids is 2. The van der Waals surface area contributed by atoms with Crippen LogP contribution in [0.25, 0.3) is 0 Å². The zero-order valence-electron chi connectivity index (χ0n) is 11.4. The van der Waals surface area contributed by atoms with E-state index in [1.54, 1.807) is 13.8 Å². The van der Waals surface area contributed by atoms with Gasteiger partial charge in [0.05, 0.1) is 5.41 Å². The molecule has 0 spiro atoms. The second-order valence-corrected chi connectivity index (χ2v) is 5.83. The molecule has 0 aromatic carbocycles. The molecule has 6 heteroatoms. The van der Waals surface area contributed by atoms with Crippen LogP contribution >= 0.6 is 0 Å². The van der Waals surface area contributed by atoms with Crippen LogP contribution in [0.3, 0.4) is 0 Å². The fourth-order valence-corrected chi connectivity index (χ4v) is 2.11. The summed E-state index contributed by atoms with van der Waals surface area (Å²) in [6.45, 7) is 7.56. The monoisotopic (exact) mass is 259 g/mol. The van der Waals surface area contributed by atoms with Gasteiger partial charge in [-0.25, -0.2) is 4.79 Å². The van der Waals surface area contributed by atoms with Crippen molar-refractivity contribution in [2.45, 2.75) is 47.1 Å². The van der Waals surface area contributed by atoms with E-state index >= 15 is 0 Å². The Hall–Kier alpha value is -1.59. The molecule has 6 nitrogen and oxygen atoms in total. The van der Waals surface area contributed by atoms with Crippen LogP contribution in [-0.4, -0.2) is 34.1 Å². The minimum atomic E-state index is -1.17. The molecule has 0 aromatic heterocycles. The Morgan fingerprint density at radius 1 is 1.11 bits per heavy atom. The summed E-state index contributed by atoms with van der Waals surface area (Å²) >= 11 is 0. The van der Waals surface area contributed by atoms with Crippen molar-refractivity contribution in [3.63, 3.8) is 0 Å². The number of amides is 1. The summed E-state index contributed by atoms with van der Waals surface area (Å²) in [7, 11) is 0. The molecular formula is C12H21NO5. The van der Waals surface area contributed by atoms with Gasteiger partial charge in [0.25, 0.3) is 0 Å². The minimum Gasteiger partial charge on any atom is -0.481 e. The van der Waals surface area contributed by atoms with Crippen LogP contribution in [0.2, 0.25) is 0 Å². The highest BCUT2D eigenvalue weighted by molar-refractivity contribution is 5.83. The zero-order chi connectivity index (χ0) is 14.7. The molecule has 0 aromatic rings. The van der Waals surface area contributed by atoms with Gasteiger partial charge in [0.1, 0.15) is 6.04 Å². The number of carbonyl (C=O) groups is 3. The number of aliphatic carboxylic acids is 2. The van der Waals surface area contributed by atoms with Crippen LogP contribution < -0.4 is 5.32 Å². The minimum absolute atomic E-state index is 0.132. The average molecular weight is 259 g/mol. The highest BCUT2D eigenvalue weighted by Crippen LogP contribution is 2.36. The van der Waals surface area contributed by atoms with E-state index in [9.17, 15) is 14.4 Å². The second kappa shape index (κ2) is 5.37. The first kappa shape index (κ1) is 16.4. The molecule has 0 saturated carbocycles. The largest absolute Gasteiger partial charge is 0.481 e. The SMILES string of the molecule is CC(=O)NC(C(=O)O)C(C)(C)CC(C)(C)C(=O)O. The fraction of sp³-hybridized carbons (Fsp3) is 0.750. The van der Waals surface area contributed by atoms with Gasteiger partial charge in [-0.15, -0.1) is 0 Å². The van der Waals surface area contributed by atoms with Gasteiger partial charge in [-0.1, -0.05) is 13.8 Å². The molecule has 1 amide bonds. The third-order valence-corrected chi connectivity index (χ3v) is 2.85. The lowest BCUT2D eigenvalue weighted by Gasteiger charge is -2.36. The van der Waals surface area contributed by atoms with E-state index in [0.717, 1.165) is 0 Å². The van der Waals surface area contributed by atoms with E-state index in [1.807, 2.05) is 0 Å². The van der Waals surface area contributed by atoms with E-state index in [4.69, 9.17) is 10.2 Å². The second-order valence-electron chi connectivity index (χ2n) is 5.83. The first-order valence-electron chi connectivity index (χ1n) is 5.63. The van der Waals surface area contributed by atoms with Crippen molar-refractivity contribution in [1.82, 2.24) is 5.32 Å². The van der Waals surface area contributed by atoms with E-state index in [2.05, 4.69) is 5.32 Å². The van der Waals surface area contributed by atoms with Crippen LogP contribution in [-0.2, 0) is 14.4 Å². The van der Waals surface area contributed by atoms with Crippen LogP contribution in [0.15, 0.2) is 0 Å². The van der Waals surface area contributed by atoms with Crippen LogP contribution in [0.1, 0.15) is 41.0 Å². The average Bonchev–Trinajstić information content (AvgIpc) is 2.11. The van der Waals surface area contributed by atoms with Crippen molar-refractivity contribution in [1.29, 1.82) is 0 Å². The molecule has 0 aliphatic heterocycles. The van der Waals surface area contributed by atoms with E-state index in [1.165, 1.54) is 20.8 Å². The van der Waals surface area contributed by atoms with Gasteiger partial charge in [0, 0.05) is 6.92 Å². The van der Waals surface area contributed by atoms with Gasteiger partial charge in [0.15, 0.2) is 0 Å². The molecule has 104 valence electrons. The maximum absolute atomic E-state index is 11.2. The molecule has 1 unspecified atom stereocenters. The molecule has 0 heterocycles. The summed E-state index contributed by atoms with van der Waals surface area (Å²) < 4.78 is 0. The first-order chi connectivity index (χ1) is 7.90. The molecule has 0 saturated heterocycles. The highest BCUT2D eigenvalue weighted by atomic mass is 16.4. The van der Waals surface area contributed by atoms with E-state index < -0.39 is 34.7 Å². The van der Waals surface area contributed by atoms with E-state index in [-0.39, 0.29) is 6.42 Å². The van der Waals surface area contributed by atoms with Gasteiger partial charge in [-0.2, -0.15) is 0 Å². The van der Waals surface area contributed by atoms with Crippen LogP contribution in [0.5, 0.6) is 0 Å². The molecule has 18 heavy (non-hydrogen) atoms. The third kappa shape index (κ3) is 4.35. The maximum atomic E-state index is 11.2. The summed E-state index contributed by atoms with van der Waals surface area (Å²) in [4.78, 5) is 33.3. The Balaban J connectivity index is 5.13. The van der Waals surface area contributed by atoms with Crippen molar-refractivity contribution in [2.75, 3.05) is 0 Å². The number of nitrogens with one attached hydrogen (secondary N) is 1. The Labute approximate surface area is 106 Å². The predicted octanol–water partition coefficient (Wildman–Crippen LogP) is 1.10. The highest BCUT2D eigenvalue weighted by Gasteiger charge is 2.42.